The van der Waals surface area contributed by atoms with Crippen molar-refractivity contribution < 1.29 is 28.5 Å². The molecule has 0 fully saturated rings. The first-order chi connectivity index (χ1) is 20.5. The van der Waals surface area contributed by atoms with Gasteiger partial charge < -0.3 is 19.3 Å². The minimum atomic E-state index is -1.22. The molecule has 0 bridgehead atoms. The highest BCUT2D eigenvalue weighted by atomic mass is 19.1. The van der Waals surface area contributed by atoms with E-state index in [1.165, 1.54) is 12.1 Å². The zero-order valence-corrected chi connectivity index (χ0v) is 25.4. The summed E-state index contributed by atoms with van der Waals surface area (Å²) in [7, 11) is 0. The van der Waals surface area contributed by atoms with Crippen LogP contribution in [0.4, 0.5) is 4.39 Å². The Balaban J connectivity index is 1.57. The zero-order chi connectivity index (χ0) is 30.7. The maximum atomic E-state index is 13.2. The van der Waals surface area contributed by atoms with E-state index in [0.717, 1.165) is 57.7 Å². The molecule has 7 heteroatoms. The minimum Gasteiger partial charge on any atom is -0.493 e. The quantitative estimate of drug-likeness (QED) is 0.215. The van der Waals surface area contributed by atoms with Gasteiger partial charge in [0.15, 0.2) is 6.10 Å². The van der Waals surface area contributed by atoms with Crippen LogP contribution in [0.5, 0.6) is 11.5 Å². The fourth-order valence-electron chi connectivity index (χ4n) is 5.60. The highest BCUT2D eigenvalue weighted by Crippen LogP contribution is 2.44. The lowest BCUT2D eigenvalue weighted by atomic mass is 9.85. The van der Waals surface area contributed by atoms with Crippen LogP contribution in [0.2, 0.25) is 0 Å². The molecule has 4 aromatic rings. The molecule has 1 unspecified atom stereocenters. The van der Waals surface area contributed by atoms with Gasteiger partial charge in [0, 0.05) is 28.9 Å². The molecule has 0 saturated carbocycles. The van der Waals surface area contributed by atoms with Gasteiger partial charge in [0.1, 0.15) is 17.3 Å². The Bertz CT molecular complexity index is 1610. The molecule has 1 atom stereocenters. The summed E-state index contributed by atoms with van der Waals surface area (Å²) in [4.78, 5) is 17.6. The summed E-state index contributed by atoms with van der Waals surface area (Å²) in [6.45, 7) is 10.5. The molecular weight excluding hydrogens is 545 g/mol. The summed E-state index contributed by atoms with van der Waals surface area (Å²) >= 11 is 0. The summed E-state index contributed by atoms with van der Waals surface area (Å²) in [5.74, 6) is 0.244. The van der Waals surface area contributed by atoms with Crippen molar-refractivity contribution in [3.8, 4) is 33.8 Å². The number of carboxylic acids is 1. The van der Waals surface area contributed by atoms with Gasteiger partial charge in [-0.1, -0.05) is 30.3 Å². The van der Waals surface area contributed by atoms with Gasteiger partial charge in [0.25, 0.3) is 0 Å². The number of benzene rings is 3. The molecule has 2 heterocycles. The number of aliphatic carboxylic acids is 1. The van der Waals surface area contributed by atoms with Gasteiger partial charge in [0.05, 0.1) is 18.8 Å². The van der Waals surface area contributed by atoms with Gasteiger partial charge in [-0.15, -0.1) is 0 Å². The van der Waals surface area contributed by atoms with Gasteiger partial charge in [-0.05, 0) is 112 Å². The van der Waals surface area contributed by atoms with Gasteiger partial charge >= 0.3 is 5.97 Å². The highest BCUT2D eigenvalue weighted by Gasteiger charge is 2.33. The Morgan fingerprint density at radius 1 is 0.977 bits per heavy atom. The van der Waals surface area contributed by atoms with Crippen molar-refractivity contribution in [3.63, 3.8) is 0 Å². The molecule has 43 heavy (non-hydrogen) atoms. The molecule has 1 aromatic heterocycles. The van der Waals surface area contributed by atoms with Crippen LogP contribution in [0.3, 0.4) is 0 Å². The van der Waals surface area contributed by atoms with Crippen molar-refractivity contribution in [2.75, 3.05) is 13.2 Å². The number of fused-ring (bicyclic) bond motifs is 1. The summed E-state index contributed by atoms with van der Waals surface area (Å²) in [6.07, 6.45) is 1.26. The number of rotatable bonds is 9. The van der Waals surface area contributed by atoms with Crippen LogP contribution >= 0.6 is 0 Å². The first kappa shape index (κ1) is 30.2. The number of hydrogen-bond acceptors (Lipinski definition) is 5. The number of pyridine rings is 1. The average molecular weight is 584 g/mol. The molecule has 1 aliphatic heterocycles. The van der Waals surface area contributed by atoms with E-state index in [0.29, 0.717) is 36.6 Å². The maximum Gasteiger partial charge on any atom is 0.337 e. The summed E-state index contributed by atoms with van der Waals surface area (Å²) in [6, 6.07) is 20.3. The Hall–Kier alpha value is -4.23. The van der Waals surface area contributed by atoms with E-state index in [9.17, 15) is 14.3 Å². The molecule has 1 aliphatic rings. The molecule has 6 nitrogen and oxygen atoms in total. The van der Waals surface area contributed by atoms with Crippen LogP contribution < -0.4 is 9.47 Å². The number of carbonyl (C=O) groups is 1. The van der Waals surface area contributed by atoms with E-state index in [1.807, 2.05) is 71.0 Å². The van der Waals surface area contributed by atoms with E-state index in [1.54, 1.807) is 12.1 Å². The topological polar surface area (TPSA) is 77.9 Å². The lowest BCUT2D eigenvalue weighted by Crippen LogP contribution is -2.28. The average Bonchev–Trinajstić information content (AvgIpc) is 2.96. The largest absolute Gasteiger partial charge is 0.493 e. The van der Waals surface area contributed by atoms with Crippen molar-refractivity contribution in [1.29, 1.82) is 0 Å². The number of aromatic nitrogens is 1. The molecule has 1 N–H and O–H groups in total. The highest BCUT2D eigenvalue weighted by molar-refractivity contribution is 5.91. The van der Waals surface area contributed by atoms with Crippen molar-refractivity contribution in [3.05, 3.63) is 101 Å². The fraction of sp³-hybridized carbons (Fsp3) is 0.333. The minimum absolute atomic E-state index is 0.257. The van der Waals surface area contributed by atoms with Gasteiger partial charge in [-0.3, -0.25) is 4.98 Å². The Morgan fingerprint density at radius 2 is 1.67 bits per heavy atom. The van der Waals surface area contributed by atoms with Gasteiger partial charge in [-0.2, -0.15) is 0 Å². The fourth-order valence-corrected chi connectivity index (χ4v) is 5.60. The number of carboxylic acid groups (broad SMARTS) is 1. The van der Waals surface area contributed by atoms with Crippen molar-refractivity contribution >= 4 is 5.97 Å². The molecule has 0 spiro atoms. The molecule has 0 aliphatic carbocycles. The third-order valence-electron chi connectivity index (χ3n) is 7.48. The van der Waals surface area contributed by atoms with Crippen LogP contribution in [0, 0.1) is 19.7 Å². The molecular formula is C36H38FNO5. The number of nitrogens with zero attached hydrogens (tertiary/aromatic N) is 1. The molecule has 3 aromatic carbocycles. The number of ether oxygens (including phenoxy) is 3. The zero-order valence-electron chi connectivity index (χ0n) is 25.4. The Kier molecular flexibility index (Phi) is 8.83. The summed E-state index contributed by atoms with van der Waals surface area (Å²) in [5.41, 5.74) is 6.76. The van der Waals surface area contributed by atoms with Crippen LogP contribution in [-0.2, 0) is 22.4 Å². The second-order valence-corrected chi connectivity index (χ2v) is 11.9. The van der Waals surface area contributed by atoms with E-state index in [2.05, 4.69) is 6.07 Å². The number of hydrogen-bond donors (Lipinski definition) is 1. The predicted octanol–water partition coefficient (Wildman–Crippen LogP) is 8.06. The SMILES string of the molecule is Cc1nc(C)c(C(OC(C)(C)C)C(=O)O)c(-c2ccc3c(c2)CCCO3)c1-c1ccc(OCCc2ccc(F)cc2)cc1. The smallest absolute Gasteiger partial charge is 0.337 e. The summed E-state index contributed by atoms with van der Waals surface area (Å²) < 4.78 is 31.3. The third kappa shape index (κ3) is 7.05. The monoisotopic (exact) mass is 583 g/mol. The van der Waals surface area contributed by atoms with Crippen molar-refractivity contribution in [1.82, 2.24) is 4.98 Å². The summed E-state index contributed by atoms with van der Waals surface area (Å²) in [5, 5.41) is 10.4. The van der Waals surface area contributed by atoms with Crippen LogP contribution in [-0.4, -0.2) is 34.9 Å². The van der Waals surface area contributed by atoms with Crippen molar-refractivity contribution in [2.45, 2.75) is 65.6 Å². The van der Waals surface area contributed by atoms with Crippen molar-refractivity contribution in [2.24, 2.45) is 0 Å². The van der Waals surface area contributed by atoms with E-state index in [4.69, 9.17) is 19.2 Å². The van der Waals surface area contributed by atoms with E-state index in [-0.39, 0.29) is 5.82 Å². The Labute approximate surface area is 252 Å². The molecule has 224 valence electrons. The molecule has 0 saturated heterocycles. The van der Waals surface area contributed by atoms with Crippen LogP contribution in [0.15, 0.2) is 66.7 Å². The second-order valence-electron chi connectivity index (χ2n) is 11.9. The first-order valence-electron chi connectivity index (χ1n) is 14.7. The van der Waals surface area contributed by atoms with Crippen LogP contribution in [0.1, 0.15) is 61.4 Å². The third-order valence-corrected chi connectivity index (χ3v) is 7.48. The standard InChI is InChI=1S/C36H38FNO5/c1-22-31(25-10-15-29(16-11-25)41-20-18-24-8-13-28(37)14-9-24)33(27-12-17-30-26(21-27)7-6-19-42-30)32(23(2)38-22)34(35(39)40)43-36(3,4)5/h8-17,21,34H,6-7,18-20H2,1-5H3,(H,39,40). The van der Waals surface area contributed by atoms with E-state index >= 15 is 0 Å². The van der Waals surface area contributed by atoms with Gasteiger partial charge in [0.2, 0.25) is 0 Å². The van der Waals surface area contributed by atoms with E-state index < -0.39 is 17.7 Å². The lowest BCUT2D eigenvalue weighted by molar-refractivity contribution is -0.160. The van der Waals surface area contributed by atoms with Gasteiger partial charge in [-0.25, -0.2) is 9.18 Å². The normalized spacial score (nSPS) is 13.6. The first-order valence-corrected chi connectivity index (χ1v) is 14.7. The second kappa shape index (κ2) is 12.6. The maximum absolute atomic E-state index is 13.2. The molecule has 5 rings (SSSR count). The lowest BCUT2D eigenvalue weighted by Gasteiger charge is -2.29. The number of aryl methyl sites for hydroxylation is 3. The number of halogens is 1. The Morgan fingerprint density at radius 3 is 2.35 bits per heavy atom. The van der Waals surface area contributed by atoms with Crippen LogP contribution in [0.25, 0.3) is 22.3 Å². The molecule has 0 radical (unpaired) electrons. The molecule has 0 amide bonds. The predicted molar refractivity (Wildman–Crippen MR) is 165 cm³/mol.